The fourth-order valence-corrected chi connectivity index (χ4v) is 2.39. The maximum absolute atomic E-state index is 12.1. The molecule has 1 atom stereocenters. The van der Waals surface area contributed by atoms with Gasteiger partial charge in [0.05, 0.1) is 11.1 Å². The number of nitrogens with zero attached hydrogens (tertiary/aromatic N) is 1. The van der Waals surface area contributed by atoms with Crippen LogP contribution in [0.3, 0.4) is 0 Å². The van der Waals surface area contributed by atoms with Crippen LogP contribution >= 0.6 is 0 Å². The topological polar surface area (TPSA) is 71.3 Å². The second-order valence-electron chi connectivity index (χ2n) is 5.23. The van der Waals surface area contributed by atoms with Crippen LogP contribution in [0.15, 0.2) is 30.5 Å². The van der Waals surface area contributed by atoms with Crippen molar-refractivity contribution in [2.24, 2.45) is 0 Å². The average Bonchev–Trinajstić information content (AvgIpc) is 3.13. The predicted octanol–water partition coefficient (Wildman–Crippen LogP) is 2.18. The van der Waals surface area contributed by atoms with Crippen LogP contribution in [0.25, 0.3) is 10.9 Å². The molecule has 0 spiro atoms. The quantitative estimate of drug-likeness (QED) is 0.896. The summed E-state index contributed by atoms with van der Waals surface area (Å²) in [5.74, 6) is -1.05. The molecule has 0 saturated heterocycles. The summed E-state index contributed by atoms with van der Waals surface area (Å²) in [6, 6.07) is 6.84. The van der Waals surface area contributed by atoms with Gasteiger partial charge in [0.25, 0.3) is 0 Å². The fourth-order valence-electron chi connectivity index (χ4n) is 2.39. The third-order valence-corrected chi connectivity index (χ3v) is 3.69. The highest BCUT2D eigenvalue weighted by molar-refractivity contribution is 6.03. The number of aromatic carboxylic acids is 1. The van der Waals surface area contributed by atoms with Gasteiger partial charge in [0.1, 0.15) is 6.04 Å². The van der Waals surface area contributed by atoms with Gasteiger partial charge in [-0.3, -0.25) is 4.79 Å². The van der Waals surface area contributed by atoms with Crippen LogP contribution in [0.4, 0.5) is 0 Å². The minimum absolute atomic E-state index is 0.0646. The predicted molar refractivity (Wildman–Crippen MR) is 74.8 cm³/mol. The zero-order valence-corrected chi connectivity index (χ0v) is 11.2. The van der Waals surface area contributed by atoms with E-state index in [1.807, 2.05) is 12.1 Å². The summed E-state index contributed by atoms with van der Waals surface area (Å²) in [6.45, 7) is 1.79. The largest absolute Gasteiger partial charge is 0.478 e. The lowest BCUT2D eigenvalue weighted by atomic mass is 10.1. The number of nitrogens with one attached hydrogen (secondary N) is 1. The van der Waals surface area contributed by atoms with Crippen molar-refractivity contribution in [2.75, 3.05) is 0 Å². The van der Waals surface area contributed by atoms with Gasteiger partial charge in [0.2, 0.25) is 5.91 Å². The minimum Gasteiger partial charge on any atom is -0.478 e. The molecule has 5 heteroatoms. The van der Waals surface area contributed by atoms with Gasteiger partial charge in [-0.05, 0) is 31.9 Å². The zero-order chi connectivity index (χ0) is 14.3. The number of hydrogen-bond donors (Lipinski definition) is 2. The molecule has 1 aromatic carbocycles. The first-order valence-electron chi connectivity index (χ1n) is 6.71. The number of benzene rings is 1. The molecule has 1 saturated carbocycles. The molecular formula is C15H16N2O3. The molecule has 2 aromatic rings. The molecule has 0 aliphatic heterocycles. The molecule has 0 radical (unpaired) electrons. The number of para-hydroxylation sites is 1. The summed E-state index contributed by atoms with van der Waals surface area (Å²) >= 11 is 0. The van der Waals surface area contributed by atoms with Crippen LogP contribution in [0, 0.1) is 0 Å². The number of amides is 1. The first-order valence-corrected chi connectivity index (χ1v) is 6.71. The molecule has 5 nitrogen and oxygen atoms in total. The Morgan fingerprint density at radius 2 is 2.10 bits per heavy atom. The lowest BCUT2D eigenvalue weighted by Crippen LogP contribution is -2.32. The van der Waals surface area contributed by atoms with Crippen LogP contribution in [0.2, 0.25) is 0 Å². The molecule has 1 aliphatic carbocycles. The van der Waals surface area contributed by atoms with Crippen molar-refractivity contribution in [1.29, 1.82) is 0 Å². The minimum atomic E-state index is -0.981. The normalized spacial score (nSPS) is 16.1. The monoisotopic (exact) mass is 272 g/mol. The van der Waals surface area contributed by atoms with Gasteiger partial charge in [-0.1, -0.05) is 12.1 Å². The van der Waals surface area contributed by atoms with E-state index in [4.69, 9.17) is 0 Å². The van der Waals surface area contributed by atoms with Crippen LogP contribution < -0.4 is 5.32 Å². The molecule has 1 aliphatic rings. The first-order chi connectivity index (χ1) is 9.58. The highest BCUT2D eigenvalue weighted by Crippen LogP contribution is 2.25. The molecule has 1 fully saturated rings. The fraction of sp³-hybridized carbons (Fsp3) is 0.333. The van der Waals surface area contributed by atoms with Crippen LogP contribution in [-0.4, -0.2) is 27.6 Å². The average molecular weight is 272 g/mol. The number of carboxylic acid groups (broad SMARTS) is 1. The van der Waals surface area contributed by atoms with E-state index in [-0.39, 0.29) is 11.5 Å². The van der Waals surface area contributed by atoms with Gasteiger partial charge in [0.15, 0.2) is 0 Å². The van der Waals surface area contributed by atoms with Crippen LogP contribution in [0.1, 0.15) is 36.2 Å². The SMILES string of the molecule is CC(C(=O)NC1CC1)n1ccc2cccc(C(=O)O)c21. The summed E-state index contributed by atoms with van der Waals surface area (Å²) in [5.41, 5.74) is 0.817. The molecule has 3 rings (SSSR count). The lowest BCUT2D eigenvalue weighted by molar-refractivity contribution is -0.123. The number of fused-ring (bicyclic) bond motifs is 1. The van der Waals surface area contributed by atoms with Gasteiger partial charge in [-0.2, -0.15) is 0 Å². The van der Waals surface area contributed by atoms with Crippen LogP contribution in [0.5, 0.6) is 0 Å². The van der Waals surface area contributed by atoms with Gasteiger partial charge in [-0.25, -0.2) is 4.79 Å². The molecule has 104 valence electrons. The highest BCUT2D eigenvalue weighted by Gasteiger charge is 2.27. The molecule has 1 unspecified atom stereocenters. The second-order valence-corrected chi connectivity index (χ2v) is 5.23. The first kappa shape index (κ1) is 12.7. The van der Waals surface area contributed by atoms with E-state index in [9.17, 15) is 14.7 Å². The highest BCUT2D eigenvalue weighted by atomic mass is 16.4. The van der Waals surface area contributed by atoms with Gasteiger partial charge in [-0.15, -0.1) is 0 Å². The summed E-state index contributed by atoms with van der Waals surface area (Å²) < 4.78 is 1.73. The summed E-state index contributed by atoms with van der Waals surface area (Å²) in [5, 5.41) is 13.1. The molecule has 2 N–H and O–H groups in total. The Morgan fingerprint density at radius 3 is 2.75 bits per heavy atom. The number of aromatic nitrogens is 1. The van der Waals surface area contributed by atoms with E-state index in [1.54, 1.807) is 29.8 Å². The number of carbonyl (C=O) groups excluding carboxylic acids is 1. The Morgan fingerprint density at radius 1 is 1.35 bits per heavy atom. The van der Waals surface area contributed by atoms with E-state index in [2.05, 4.69) is 5.32 Å². The van der Waals surface area contributed by atoms with Gasteiger partial charge >= 0.3 is 5.97 Å². The summed E-state index contributed by atoms with van der Waals surface area (Å²) in [4.78, 5) is 23.5. The van der Waals surface area contributed by atoms with Crippen molar-refractivity contribution in [1.82, 2.24) is 9.88 Å². The van der Waals surface area contributed by atoms with Crippen molar-refractivity contribution in [3.05, 3.63) is 36.0 Å². The van der Waals surface area contributed by atoms with E-state index in [0.717, 1.165) is 18.2 Å². The van der Waals surface area contributed by atoms with Crippen LogP contribution in [-0.2, 0) is 4.79 Å². The van der Waals surface area contributed by atoms with Gasteiger partial charge in [0, 0.05) is 17.6 Å². The standard InChI is InChI=1S/C15H16N2O3/c1-9(14(18)16-11-5-6-11)17-8-7-10-3-2-4-12(13(10)17)15(19)20/h2-4,7-9,11H,5-6H2,1H3,(H,16,18)(H,19,20). The lowest BCUT2D eigenvalue weighted by Gasteiger charge is -2.16. The smallest absolute Gasteiger partial charge is 0.337 e. The summed E-state index contributed by atoms with van der Waals surface area (Å²) in [6.07, 6.45) is 3.84. The number of carboxylic acids is 1. The van der Waals surface area contributed by atoms with Gasteiger partial charge < -0.3 is 15.0 Å². The molecule has 0 bridgehead atoms. The van der Waals surface area contributed by atoms with Crippen molar-refractivity contribution < 1.29 is 14.7 Å². The molecule has 1 heterocycles. The Labute approximate surface area is 116 Å². The third kappa shape index (κ3) is 2.15. The Hall–Kier alpha value is -2.30. The molecule has 1 aromatic heterocycles. The number of rotatable bonds is 4. The second kappa shape index (κ2) is 4.67. The number of carbonyl (C=O) groups is 2. The Balaban J connectivity index is 2.02. The van der Waals surface area contributed by atoms with E-state index >= 15 is 0 Å². The third-order valence-electron chi connectivity index (χ3n) is 3.69. The maximum Gasteiger partial charge on any atom is 0.337 e. The Kier molecular flexibility index (Phi) is 2.97. The zero-order valence-electron chi connectivity index (χ0n) is 11.2. The van der Waals surface area contributed by atoms with Crippen molar-refractivity contribution in [2.45, 2.75) is 31.8 Å². The van der Waals surface area contributed by atoms with E-state index in [0.29, 0.717) is 11.6 Å². The summed E-state index contributed by atoms with van der Waals surface area (Å²) in [7, 11) is 0. The number of hydrogen-bond acceptors (Lipinski definition) is 2. The van der Waals surface area contributed by atoms with Crippen molar-refractivity contribution in [3.8, 4) is 0 Å². The van der Waals surface area contributed by atoms with Crippen molar-refractivity contribution >= 4 is 22.8 Å². The molecule has 20 heavy (non-hydrogen) atoms. The Bertz CT molecular complexity index is 685. The molecular weight excluding hydrogens is 256 g/mol. The maximum atomic E-state index is 12.1. The van der Waals surface area contributed by atoms with Crippen molar-refractivity contribution in [3.63, 3.8) is 0 Å². The van der Waals surface area contributed by atoms with E-state index in [1.165, 1.54) is 0 Å². The van der Waals surface area contributed by atoms with E-state index < -0.39 is 12.0 Å². The molecule has 1 amide bonds.